The molecule has 0 spiro atoms. The van der Waals surface area contributed by atoms with Gasteiger partial charge < -0.3 is 4.74 Å². The number of halogens is 1. The molecule has 3 nitrogen and oxygen atoms in total. The van der Waals surface area contributed by atoms with Gasteiger partial charge in [-0.1, -0.05) is 48.2 Å². The summed E-state index contributed by atoms with van der Waals surface area (Å²) < 4.78 is 6.15. The van der Waals surface area contributed by atoms with Gasteiger partial charge in [0.15, 0.2) is 0 Å². The lowest BCUT2D eigenvalue weighted by Gasteiger charge is -2.10. The number of benzene rings is 1. The quantitative estimate of drug-likeness (QED) is 0.458. The first-order valence-corrected chi connectivity index (χ1v) is 7.95. The smallest absolute Gasteiger partial charge is 0.266 e. The fraction of sp³-hybridized carbons (Fsp3) is 0.200. The molecule has 0 saturated carbocycles. The number of thiocarbonyl (C=S) groups is 1. The van der Waals surface area contributed by atoms with Crippen molar-refractivity contribution >= 4 is 51.9 Å². The van der Waals surface area contributed by atoms with Gasteiger partial charge in [-0.05, 0) is 31.2 Å². The van der Waals surface area contributed by atoms with E-state index in [1.54, 1.807) is 35.3 Å². The van der Waals surface area contributed by atoms with Crippen molar-refractivity contribution in [2.24, 2.45) is 0 Å². The van der Waals surface area contributed by atoms with Crippen molar-refractivity contribution in [2.75, 3.05) is 13.2 Å². The van der Waals surface area contributed by atoms with Gasteiger partial charge in [-0.25, -0.2) is 0 Å². The molecule has 2 rings (SSSR count). The highest BCUT2D eigenvalue weighted by molar-refractivity contribution is 8.26. The van der Waals surface area contributed by atoms with Gasteiger partial charge in [0.05, 0.1) is 4.91 Å². The van der Waals surface area contributed by atoms with E-state index in [0.717, 1.165) is 5.56 Å². The minimum Gasteiger partial charge on any atom is -0.489 e. The third-order valence-corrected chi connectivity index (χ3v) is 4.42. The summed E-state index contributed by atoms with van der Waals surface area (Å²) in [5.41, 5.74) is 0.751. The summed E-state index contributed by atoms with van der Waals surface area (Å²) in [7, 11) is 0. The van der Waals surface area contributed by atoms with Crippen LogP contribution in [0, 0.1) is 0 Å². The first-order valence-electron chi connectivity index (χ1n) is 6.35. The molecule has 0 N–H and O–H groups in total. The van der Waals surface area contributed by atoms with Crippen LogP contribution in [0.3, 0.4) is 0 Å². The van der Waals surface area contributed by atoms with E-state index in [-0.39, 0.29) is 5.91 Å². The van der Waals surface area contributed by atoms with Crippen molar-refractivity contribution in [1.82, 2.24) is 4.90 Å². The van der Waals surface area contributed by atoms with E-state index in [0.29, 0.717) is 33.1 Å². The van der Waals surface area contributed by atoms with Gasteiger partial charge in [0.1, 0.15) is 16.7 Å². The van der Waals surface area contributed by atoms with Crippen molar-refractivity contribution in [3.63, 3.8) is 0 Å². The number of hydrogen-bond acceptors (Lipinski definition) is 4. The number of hydrogen-bond donors (Lipinski definition) is 0. The second-order valence-corrected chi connectivity index (χ2v) is 6.32. The van der Waals surface area contributed by atoms with Gasteiger partial charge in [0.25, 0.3) is 5.91 Å². The van der Waals surface area contributed by atoms with E-state index in [4.69, 9.17) is 28.6 Å². The molecule has 1 amide bonds. The lowest BCUT2D eigenvalue weighted by atomic mass is 10.2. The highest BCUT2D eigenvalue weighted by Gasteiger charge is 2.30. The fourth-order valence-corrected chi connectivity index (χ4v) is 3.38. The average molecular weight is 340 g/mol. The Morgan fingerprint density at radius 2 is 2.29 bits per heavy atom. The van der Waals surface area contributed by atoms with E-state index in [9.17, 15) is 4.79 Å². The van der Waals surface area contributed by atoms with E-state index in [1.165, 1.54) is 11.8 Å². The van der Waals surface area contributed by atoms with Crippen molar-refractivity contribution in [3.8, 4) is 5.75 Å². The largest absolute Gasteiger partial charge is 0.489 e. The zero-order chi connectivity index (χ0) is 15.4. The zero-order valence-corrected chi connectivity index (χ0v) is 13.9. The van der Waals surface area contributed by atoms with Crippen LogP contribution < -0.4 is 4.74 Å². The minimum atomic E-state index is -0.0813. The number of nitrogens with zero attached hydrogens (tertiary/aromatic N) is 1. The number of rotatable bonds is 5. The maximum absolute atomic E-state index is 12.2. The summed E-state index contributed by atoms with van der Waals surface area (Å²) in [5, 5.41) is 0.582. The Morgan fingerprint density at radius 1 is 1.52 bits per heavy atom. The van der Waals surface area contributed by atoms with Crippen molar-refractivity contribution in [3.05, 3.63) is 46.3 Å². The van der Waals surface area contributed by atoms with E-state index in [1.807, 2.05) is 6.92 Å². The standard InChI is InChI=1S/C15H14ClNO2S2/c1-3-7-19-12-6-5-11(16)8-10(12)9-13-14(18)17(4-2)15(20)21-13/h3,5-6,8-9H,1,4,7H2,2H3. The second-order valence-electron chi connectivity index (χ2n) is 4.21. The summed E-state index contributed by atoms with van der Waals surface area (Å²) in [6.45, 7) is 6.47. The molecule has 0 unspecified atom stereocenters. The molecular weight excluding hydrogens is 326 g/mol. The Labute approximate surface area is 138 Å². The average Bonchev–Trinajstić information content (AvgIpc) is 2.72. The van der Waals surface area contributed by atoms with Crippen molar-refractivity contribution < 1.29 is 9.53 Å². The van der Waals surface area contributed by atoms with Crippen LogP contribution >= 0.6 is 35.6 Å². The van der Waals surface area contributed by atoms with Crippen LogP contribution in [0.25, 0.3) is 6.08 Å². The summed E-state index contributed by atoms with van der Waals surface area (Å²) >= 11 is 12.5. The molecule has 21 heavy (non-hydrogen) atoms. The molecule has 1 aromatic carbocycles. The third-order valence-electron chi connectivity index (χ3n) is 2.80. The van der Waals surface area contributed by atoms with Gasteiger partial charge in [-0.15, -0.1) is 0 Å². The minimum absolute atomic E-state index is 0.0813. The van der Waals surface area contributed by atoms with Gasteiger partial charge >= 0.3 is 0 Å². The monoisotopic (exact) mass is 339 g/mol. The van der Waals surface area contributed by atoms with E-state index in [2.05, 4.69) is 6.58 Å². The van der Waals surface area contributed by atoms with Gasteiger partial charge in [-0.3, -0.25) is 9.69 Å². The highest BCUT2D eigenvalue weighted by Crippen LogP contribution is 2.34. The number of amides is 1. The summed E-state index contributed by atoms with van der Waals surface area (Å²) in [6, 6.07) is 5.28. The molecule has 1 saturated heterocycles. The third kappa shape index (κ3) is 3.67. The first-order chi connectivity index (χ1) is 10.1. The molecule has 0 aromatic heterocycles. The van der Waals surface area contributed by atoms with Crippen LogP contribution in [-0.2, 0) is 4.79 Å². The molecule has 0 bridgehead atoms. The number of carbonyl (C=O) groups excluding carboxylic acids is 1. The van der Waals surface area contributed by atoms with E-state index < -0.39 is 0 Å². The Balaban J connectivity index is 2.36. The normalized spacial score (nSPS) is 16.7. The Morgan fingerprint density at radius 3 is 2.90 bits per heavy atom. The van der Waals surface area contributed by atoms with Crippen LogP contribution in [0.4, 0.5) is 0 Å². The molecule has 6 heteroatoms. The van der Waals surface area contributed by atoms with Gasteiger partial charge in [-0.2, -0.15) is 0 Å². The molecule has 0 atom stereocenters. The van der Waals surface area contributed by atoms with Crippen LogP contribution in [0.2, 0.25) is 5.02 Å². The Kier molecular flexibility index (Phi) is 5.45. The SMILES string of the molecule is C=CCOc1ccc(Cl)cc1C=C1SC(=S)N(CC)C1=O. The second kappa shape index (κ2) is 7.11. The lowest BCUT2D eigenvalue weighted by Crippen LogP contribution is -2.27. The Hall–Kier alpha value is -1.30. The van der Waals surface area contributed by atoms with Crippen LogP contribution in [0.15, 0.2) is 35.8 Å². The molecular formula is C15H14ClNO2S2. The maximum atomic E-state index is 12.2. The topological polar surface area (TPSA) is 29.5 Å². The summed E-state index contributed by atoms with van der Waals surface area (Å²) in [6.07, 6.45) is 3.42. The van der Waals surface area contributed by atoms with Crippen LogP contribution in [-0.4, -0.2) is 28.3 Å². The highest BCUT2D eigenvalue weighted by atomic mass is 35.5. The number of carbonyl (C=O) groups is 1. The molecule has 1 aliphatic heterocycles. The predicted molar refractivity (Wildman–Crippen MR) is 92.7 cm³/mol. The number of ether oxygens (including phenoxy) is 1. The maximum Gasteiger partial charge on any atom is 0.266 e. The molecule has 1 fully saturated rings. The first kappa shape index (κ1) is 16.1. The van der Waals surface area contributed by atoms with Gasteiger partial charge in [0, 0.05) is 17.1 Å². The van der Waals surface area contributed by atoms with E-state index >= 15 is 0 Å². The summed E-state index contributed by atoms with van der Waals surface area (Å²) in [5.74, 6) is 0.572. The molecule has 0 radical (unpaired) electrons. The Bertz CT molecular complexity index is 628. The lowest BCUT2D eigenvalue weighted by molar-refractivity contribution is -0.121. The number of likely N-dealkylation sites (N-methyl/N-ethyl adjacent to an activating group) is 1. The zero-order valence-electron chi connectivity index (χ0n) is 11.5. The predicted octanol–water partition coefficient (Wildman–Crippen LogP) is 4.13. The molecule has 1 aliphatic rings. The molecule has 110 valence electrons. The molecule has 1 aromatic rings. The fourth-order valence-electron chi connectivity index (χ4n) is 1.83. The van der Waals surface area contributed by atoms with Crippen molar-refractivity contribution in [2.45, 2.75) is 6.92 Å². The molecule has 0 aliphatic carbocycles. The van der Waals surface area contributed by atoms with Gasteiger partial charge in [0.2, 0.25) is 0 Å². The molecule has 1 heterocycles. The van der Waals surface area contributed by atoms with Crippen LogP contribution in [0.1, 0.15) is 12.5 Å². The van der Waals surface area contributed by atoms with Crippen molar-refractivity contribution in [1.29, 1.82) is 0 Å². The van der Waals surface area contributed by atoms with Crippen LogP contribution in [0.5, 0.6) is 5.75 Å². The number of thioether (sulfide) groups is 1. The summed E-state index contributed by atoms with van der Waals surface area (Å²) in [4.78, 5) is 14.4.